The molecule has 9 heteroatoms. The molecule has 160 valence electrons. The van der Waals surface area contributed by atoms with Gasteiger partial charge in [-0.05, 0) is 49.4 Å². The molecular weight excluding hydrogens is 390 g/mol. The highest BCUT2D eigenvalue weighted by Gasteiger charge is 2.40. The van der Waals surface area contributed by atoms with Gasteiger partial charge in [0.15, 0.2) is 0 Å². The number of rotatable bonds is 5. The monoisotopic (exact) mass is 416 g/mol. The molecule has 0 unspecified atom stereocenters. The van der Waals surface area contributed by atoms with Crippen LogP contribution in [0.25, 0.3) is 11.0 Å². The molecule has 0 bridgehead atoms. The molecule has 0 saturated heterocycles. The van der Waals surface area contributed by atoms with Gasteiger partial charge in [0.1, 0.15) is 11.5 Å². The summed E-state index contributed by atoms with van der Waals surface area (Å²) in [4.78, 5) is 19.8. The van der Waals surface area contributed by atoms with Crippen LogP contribution in [0.5, 0.6) is 0 Å². The number of halogens is 2. The first-order valence-electron chi connectivity index (χ1n) is 10.1. The van der Waals surface area contributed by atoms with E-state index in [0.717, 1.165) is 16.6 Å². The molecule has 2 aromatic heterocycles. The lowest BCUT2D eigenvalue weighted by Gasteiger charge is -2.32. The molecule has 1 aliphatic carbocycles. The second-order valence-electron chi connectivity index (χ2n) is 8.30. The average Bonchev–Trinajstić information content (AvgIpc) is 3.26. The fourth-order valence-electron chi connectivity index (χ4n) is 4.35. The molecule has 0 aliphatic heterocycles. The maximum absolute atomic E-state index is 13.8. The van der Waals surface area contributed by atoms with Crippen molar-refractivity contribution >= 4 is 16.9 Å². The van der Waals surface area contributed by atoms with Crippen molar-refractivity contribution in [2.24, 2.45) is 24.4 Å². The molecule has 7 nitrogen and oxygen atoms in total. The van der Waals surface area contributed by atoms with Gasteiger partial charge in [-0.2, -0.15) is 5.10 Å². The van der Waals surface area contributed by atoms with E-state index in [1.165, 1.54) is 4.68 Å². The number of amides is 1. The summed E-state index contributed by atoms with van der Waals surface area (Å²) >= 11 is 0. The zero-order valence-electron chi connectivity index (χ0n) is 17.0. The molecule has 3 aromatic rings. The van der Waals surface area contributed by atoms with Crippen molar-refractivity contribution in [3.05, 3.63) is 47.0 Å². The van der Waals surface area contributed by atoms with Crippen LogP contribution in [0.3, 0.4) is 0 Å². The largest absolute Gasteiger partial charge is 0.364 e. The Balaban J connectivity index is 1.78. The molecule has 30 heavy (non-hydrogen) atoms. The van der Waals surface area contributed by atoms with Gasteiger partial charge in [-0.3, -0.25) is 9.48 Å². The van der Waals surface area contributed by atoms with Crippen molar-refractivity contribution in [1.82, 2.24) is 19.7 Å². The van der Waals surface area contributed by atoms with E-state index in [9.17, 15) is 13.6 Å². The number of aromatic nitrogens is 4. The van der Waals surface area contributed by atoms with Crippen LogP contribution in [0, 0.1) is 5.92 Å². The van der Waals surface area contributed by atoms with E-state index in [-0.39, 0.29) is 36.4 Å². The van der Waals surface area contributed by atoms with Crippen LogP contribution >= 0.6 is 0 Å². The van der Waals surface area contributed by atoms with Crippen LogP contribution in [0.4, 0.5) is 8.78 Å². The Morgan fingerprint density at radius 1 is 1.30 bits per heavy atom. The number of hydrogen-bond donors (Lipinski definition) is 3. The second kappa shape index (κ2) is 7.46. The lowest BCUT2D eigenvalue weighted by molar-refractivity contribution is -0.0476. The average molecular weight is 416 g/mol. The highest BCUT2D eigenvalue weighted by Crippen LogP contribution is 2.44. The number of benzene rings is 1. The zero-order chi connectivity index (χ0) is 21.6. The van der Waals surface area contributed by atoms with Crippen molar-refractivity contribution in [3.63, 3.8) is 0 Å². The highest BCUT2D eigenvalue weighted by molar-refractivity contribution is 5.91. The number of imidazole rings is 1. The highest BCUT2D eigenvalue weighted by atomic mass is 19.3. The number of H-pyrrole nitrogens is 1. The summed E-state index contributed by atoms with van der Waals surface area (Å²) in [6, 6.07) is 7.30. The molecule has 2 heterocycles. The number of aromatic amines is 1. The van der Waals surface area contributed by atoms with Crippen LogP contribution in [-0.4, -0.2) is 31.6 Å². The lowest BCUT2D eigenvalue weighted by Crippen LogP contribution is -2.28. The Morgan fingerprint density at radius 3 is 2.60 bits per heavy atom. The van der Waals surface area contributed by atoms with E-state index in [4.69, 9.17) is 16.5 Å². The predicted octanol–water partition coefficient (Wildman–Crippen LogP) is 3.37. The van der Waals surface area contributed by atoms with Gasteiger partial charge in [0.2, 0.25) is 5.92 Å². The summed E-state index contributed by atoms with van der Waals surface area (Å²) in [6.45, 7) is 1.91. The van der Waals surface area contributed by atoms with Gasteiger partial charge in [0, 0.05) is 25.9 Å². The van der Waals surface area contributed by atoms with Gasteiger partial charge in [0.25, 0.3) is 5.91 Å². The number of aryl methyl sites for hydroxylation is 1. The summed E-state index contributed by atoms with van der Waals surface area (Å²) in [5.41, 5.74) is 14.9. The van der Waals surface area contributed by atoms with Crippen molar-refractivity contribution in [3.8, 4) is 0 Å². The summed E-state index contributed by atoms with van der Waals surface area (Å²) in [5.74, 6) is -2.99. The molecule has 0 spiro atoms. The maximum atomic E-state index is 13.8. The normalized spacial score (nSPS) is 19.1. The molecular formula is C21H26F2N6O. The van der Waals surface area contributed by atoms with Crippen molar-refractivity contribution in [2.75, 3.05) is 0 Å². The molecule has 5 N–H and O–H groups in total. The van der Waals surface area contributed by atoms with E-state index in [0.29, 0.717) is 24.4 Å². The molecule has 2 atom stereocenters. The Labute approximate surface area is 172 Å². The Kier molecular flexibility index (Phi) is 5.09. The molecule has 0 radical (unpaired) electrons. The number of nitrogens with zero attached hydrogens (tertiary/aromatic N) is 3. The van der Waals surface area contributed by atoms with Gasteiger partial charge >= 0.3 is 0 Å². The molecule has 1 amide bonds. The zero-order valence-corrected chi connectivity index (χ0v) is 17.0. The predicted molar refractivity (Wildman–Crippen MR) is 109 cm³/mol. The van der Waals surface area contributed by atoms with Gasteiger partial charge in [-0.1, -0.05) is 6.07 Å². The third-order valence-electron chi connectivity index (χ3n) is 6.05. The van der Waals surface area contributed by atoms with Crippen LogP contribution in [0.2, 0.25) is 0 Å². The van der Waals surface area contributed by atoms with Crippen LogP contribution < -0.4 is 11.5 Å². The Morgan fingerprint density at radius 2 is 2.00 bits per heavy atom. The SMILES string of the molecule is C[C@@H](N)c1ccc2nc([C@H](c3cc(C(N)=O)n(C)n3)C3CCC(F)(F)CC3)[nH]c2c1. The minimum Gasteiger partial charge on any atom is -0.364 e. The molecule has 1 aliphatic rings. The second-order valence-corrected chi connectivity index (χ2v) is 8.30. The number of hydrogen-bond acceptors (Lipinski definition) is 4. The summed E-state index contributed by atoms with van der Waals surface area (Å²) < 4.78 is 29.0. The molecule has 1 fully saturated rings. The Bertz CT molecular complexity index is 1080. The molecule has 4 rings (SSSR count). The third kappa shape index (κ3) is 3.81. The number of alkyl halides is 2. The van der Waals surface area contributed by atoms with Crippen molar-refractivity contribution < 1.29 is 13.6 Å². The summed E-state index contributed by atoms with van der Waals surface area (Å²) in [6.07, 6.45) is 0.363. The quantitative estimate of drug-likeness (QED) is 0.591. The summed E-state index contributed by atoms with van der Waals surface area (Å²) in [7, 11) is 1.64. The van der Waals surface area contributed by atoms with E-state index >= 15 is 0 Å². The fourth-order valence-corrected chi connectivity index (χ4v) is 4.35. The van der Waals surface area contributed by atoms with Crippen LogP contribution in [0.1, 0.15) is 72.1 Å². The van der Waals surface area contributed by atoms with Crippen LogP contribution in [-0.2, 0) is 7.05 Å². The number of fused-ring (bicyclic) bond motifs is 1. The smallest absolute Gasteiger partial charge is 0.266 e. The van der Waals surface area contributed by atoms with Gasteiger partial charge in [-0.15, -0.1) is 0 Å². The molecule has 1 aromatic carbocycles. The number of carbonyl (C=O) groups is 1. The Hall–Kier alpha value is -2.81. The number of primary amides is 1. The minimum absolute atomic E-state index is 0.0753. The first-order chi connectivity index (χ1) is 14.1. The van der Waals surface area contributed by atoms with Gasteiger partial charge < -0.3 is 16.5 Å². The van der Waals surface area contributed by atoms with Gasteiger partial charge in [0.05, 0.1) is 22.6 Å². The number of nitrogens with one attached hydrogen (secondary N) is 1. The first kappa shape index (κ1) is 20.5. The lowest BCUT2D eigenvalue weighted by atomic mass is 9.77. The minimum atomic E-state index is -2.64. The first-order valence-corrected chi connectivity index (χ1v) is 10.1. The maximum Gasteiger partial charge on any atom is 0.266 e. The number of carbonyl (C=O) groups excluding carboxylic acids is 1. The summed E-state index contributed by atoms with van der Waals surface area (Å²) in [5, 5.41) is 4.48. The van der Waals surface area contributed by atoms with Gasteiger partial charge in [-0.25, -0.2) is 13.8 Å². The third-order valence-corrected chi connectivity index (χ3v) is 6.05. The van der Waals surface area contributed by atoms with Crippen molar-refractivity contribution in [1.29, 1.82) is 0 Å². The standard InChI is InChI=1S/C21H26F2N6O/c1-11(24)13-3-4-14-15(9-13)27-20(26-14)18(12-5-7-21(22,23)8-6-12)16-10-17(19(25)30)29(2)28-16/h3-4,9-12,18H,5-8,24H2,1-2H3,(H2,25,30)(H,26,27)/t11-,18+/m1/s1. The van der Waals surface area contributed by atoms with E-state index in [2.05, 4.69) is 10.1 Å². The van der Waals surface area contributed by atoms with E-state index in [1.54, 1.807) is 13.1 Å². The topological polar surface area (TPSA) is 116 Å². The van der Waals surface area contributed by atoms with E-state index < -0.39 is 11.8 Å². The van der Waals surface area contributed by atoms with E-state index in [1.807, 2.05) is 25.1 Å². The fraction of sp³-hybridized carbons (Fsp3) is 0.476. The van der Waals surface area contributed by atoms with Crippen molar-refractivity contribution in [2.45, 2.75) is 50.5 Å². The number of nitrogens with two attached hydrogens (primary N) is 2. The van der Waals surface area contributed by atoms with Crippen LogP contribution in [0.15, 0.2) is 24.3 Å². The molecule has 1 saturated carbocycles.